The summed E-state index contributed by atoms with van der Waals surface area (Å²) in [4.78, 5) is 29.4. The van der Waals surface area contributed by atoms with Gasteiger partial charge >= 0.3 is 5.69 Å². The maximum Gasteiger partial charge on any atom is 0.329 e. The van der Waals surface area contributed by atoms with E-state index in [1.807, 2.05) is 0 Å². The number of rotatable bonds is 1. The molecule has 0 aromatic carbocycles. The number of nitrogens with one attached hydrogen (secondary N) is 1. The van der Waals surface area contributed by atoms with Crippen LogP contribution in [0.2, 0.25) is 0 Å². The fraction of sp³-hybridized carbons (Fsp3) is 0.222. The summed E-state index contributed by atoms with van der Waals surface area (Å²) in [6, 6.07) is 0. The second-order valence-corrected chi connectivity index (χ2v) is 3.16. The first-order valence-corrected chi connectivity index (χ1v) is 4.60. The van der Waals surface area contributed by atoms with Gasteiger partial charge in [-0.15, -0.1) is 10.2 Å². The van der Waals surface area contributed by atoms with Crippen LogP contribution in [-0.2, 0) is 7.05 Å². The fourth-order valence-electron chi connectivity index (χ4n) is 1.23. The van der Waals surface area contributed by atoms with Gasteiger partial charge in [-0.1, -0.05) is 6.08 Å². The van der Waals surface area contributed by atoms with E-state index in [-0.39, 0.29) is 11.2 Å². The van der Waals surface area contributed by atoms with Crippen LogP contribution >= 0.6 is 0 Å². The van der Waals surface area contributed by atoms with Gasteiger partial charge in [-0.05, 0) is 13.0 Å². The molecule has 2 aromatic heterocycles. The molecule has 0 amide bonds. The van der Waals surface area contributed by atoms with Crippen molar-refractivity contribution in [3.8, 4) is 0 Å². The van der Waals surface area contributed by atoms with Crippen LogP contribution in [0.3, 0.4) is 0 Å². The third-order valence-corrected chi connectivity index (χ3v) is 2.06. The molecule has 7 nitrogen and oxygen atoms in total. The topological polar surface area (TPSA) is 93.5 Å². The number of allylic oxidation sites excluding steroid dienone is 1. The van der Waals surface area contributed by atoms with Crippen LogP contribution in [0.5, 0.6) is 0 Å². The zero-order valence-corrected chi connectivity index (χ0v) is 8.76. The maximum absolute atomic E-state index is 11.7. The van der Waals surface area contributed by atoms with E-state index in [2.05, 4.69) is 20.2 Å². The molecule has 7 heteroatoms. The van der Waals surface area contributed by atoms with Crippen molar-refractivity contribution in [3.05, 3.63) is 32.7 Å². The van der Waals surface area contributed by atoms with Crippen molar-refractivity contribution in [2.24, 2.45) is 7.05 Å². The van der Waals surface area contributed by atoms with Crippen LogP contribution < -0.4 is 11.2 Å². The predicted molar refractivity (Wildman–Crippen MR) is 57.9 cm³/mol. The Morgan fingerprint density at radius 3 is 2.75 bits per heavy atom. The van der Waals surface area contributed by atoms with Gasteiger partial charge in [0, 0.05) is 7.05 Å². The highest BCUT2D eigenvalue weighted by Gasteiger charge is 2.07. The van der Waals surface area contributed by atoms with Crippen molar-refractivity contribution < 1.29 is 0 Å². The van der Waals surface area contributed by atoms with Gasteiger partial charge in [0.15, 0.2) is 17.0 Å². The lowest BCUT2D eigenvalue weighted by molar-refractivity contribution is 0.779. The molecule has 0 unspecified atom stereocenters. The number of nitrogens with zero attached hydrogens (tertiary/aromatic N) is 4. The first-order chi connectivity index (χ1) is 7.63. The maximum atomic E-state index is 11.7. The summed E-state index contributed by atoms with van der Waals surface area (Å²) in [5.74, 6) is 0.333. The zero-order chi connectivity index (χ0) is 11.7. The molecule has 0 fully saturated rings. The molecule has 0 atom stereocenters. The first-order valence-electron chi connectivity index (χ1n) is 4.60. The molecule has 2 aromatic rings. The number of aromatic amines is 1. The Kier molecular flexibility index (Phi) is 2.35. The van der Waals surface area contributed by atoms with Gasteiger partial charge in [0.2, 0.25) is 0 Å². The Labute approximate surface area is 89.5 Å². The molecule has 0 saturated heterocycles. The quantitative estimate of drug-likeness (QED) is 0.694. The molecule has 1 N–H and O–H groups in total. The minimum absolute atomic E-state index is 0.0985. The molecule has 0 aliphatic carbocycles. The lowest BCUT2D eigenvalue weighted by Gasteiger charge is -1.98. The van der Waals surface area contributed by atoms with Crippen molar-refractivity contribution in [2.45, 2.75) is 6.92 Å². The van der Waals surface area contributed by atoms with Crippen molar-refractivity contribution in [2.75, 3.05) is 0 Å². The molecule has 0 aliphatic heterocycles. The summed E-state index contributed by atoms with van der Waals surface area (Å²) in [5, 5.41) is 7.47. The Morgan fingerprint density at radius 1 is 1.31 bits per heavy atom. The Balaban J connectivity index is 2.88. The molecule has 2 heterocycles. The van der Waals surface area contributed by atoms with Gasteiger partial charge in [-0.3, -0.25) is 14.3 Å². The lowest BCUT2D eigenvalue weighted by Crippen LogP contribution is -2.33. The van der Waals surface area contributed by atoms with Crippen molar-refractivity contribution in [3.63, 3.8) is 0 Å². The van der Waals surface area contributed by atoms with E-state index in [0.717, 1.165) is 4.57 Å². The van der Waals surface area contributed by atoms with Crippen LogP contribution in [0.25, 0.3) is 17.2 Å². The molecule has 0 aliphatic rings. The van der Waals surface area contributed by atoms with Crippen LogP contribution in [0.15, 0.2) is 15.7 Å². The van der Waals surface area contributed by atoms with Crippen LogP contribution in [0, 0.1) is 0 Å². The molecule has 0 saturated carbocycles. The number of hydrogen-bond donors (Lipinski definition) is 1. The molecule has 0 radical (unpaired) electrons. The van der Waals surface area contributed by atoms with Gasteiger partial charge in [-0.25, -0.2) is 9.78 Å². The standard InChI is InChI=1S/C9H9N5O2/c1-3-4-5-10-6-7(13-12-5)11-9(16)14(2)8(6)15/h3-4H,1-2H3,(H,11,13,16). The van der Waals surface area contributed by atoms with E-state index in [4.69, 9.17) is 0 Å². The van der Waals surface area contributed by atoms with Crippen molar-refractivity contribution in [1.82, 2.24) is 24.7 Å². The minimum atomic E-state index is -0.535. The number of H-pyrrole nitrogens is 1. The molecule has 0 spiro atoms. The van der Waals surface area contributed by atoms with Crippen molar-refractivity contribution >= 4 is 17.2 Å². The summed E-state index contributed by atoms with van der Waals surface area (Å²) in [6.07, 6.45) is 3.36. The van der Waals surface area contributed by atoms with E-state index < -0.39 is 11.2 Å². The minimum Gasteiger partial charge on any atom is -0.288 e. The third kappa shape index (κ3) is 1.52. The van der Waals surface area contributed by atoms with Gasteiger partial charge in [0.25, 0.3) is 5.56 Å². The Bertz CT molecular complexity index is 682. The van der Waals surface area contributed by atoms with Crippen LogP contribution in [-0.4, -0.2) is 24.7 Å². The first kappa shape index (κ1) is 10.2. The largest absolute Gasteiger partial charge is 0.329 e. The SMILES string of the molecule is CC=Cc1nnc2[nH]c(=O)n(C)c(=O)c2n1. The molecule has 82 valence electrons. The van der Waals surface area contributed by atoms with E-state index in [9.17, 15) is 9.59 Å². The van der Waals surface area contributed by atoms with E-state index in [1.54, 1.807) is 19.1 Å². The zero-order valence-electron chi connectivity index (χ0n) is 8.76. The van der Waals surface area contributed by atoms with Crippen LogP contribution in [0.1, 0.15) is 12.7 Å². The highest BCUT2D eigenvalue weighted by Crippen LogP contribution is 1.98. The summed E-state index contributed by atoms with van der Waals surface area (Å²) < 4.78 is 0.941. The highest BCUT2D eigenvalue weighted by molar-refractivity contribution is 5.67. The monoisotopic (exact) mass is 219 g/mol. The summed E-state index contributed by atoms with van der Waals surface area (Å²) >= 11 is 0. The highest BCUT2D eigenvalue weighted by atomic mass is 16.2. The average Bonchev–Trinajstić information content (AvgIpc) is 2.28. The second-order valence-electron chi connectivity index (χ2n) is 3.16. The lowest BCUT2D eigenvalue weighted by atomic mass is 10.4. The van der Waals surface area contributed by atoms with Gasteiger partial charge < -0.3 is 0 Å². The van der Waals surface area contributed by atoms with E-state index in [1.165, 1.54) is 7.05 Å². The molecular weight excluding hydrogens is 210 g/mol. The van der Waals surface area contributed by atoms with E-state index >= 15 is 0 Å². The Morgan fingerprint density at radius 2 is 2.06 bits per heavy atom. The number of fused-ring (bicyclic) bond motifs is 1. The molecule has 2 rings (SSSR count). The number of aromatic nitrogens is 5. The Hall–Kier alpha value is -2.31. The molecule has 16 heavy (non-hydrogen) atoms. The van der Waals surface area contributed by atoms with Gasteiger partial charge in [-0.2, -0.15) is 0 Å². The van der Waals surface area contributed by atoms with E-state index in [0.29, 0.717) is 5.82 Å². The second kappa shape index (κ2) is 3.69. The summed E-state index contributed by atoms with van der Waals surface area (Å²) in [7, 11) is 1.37. The average molecular weight is 219 g/mol. The number of hydrogen-bond acceptors (Lipinski definition) is 5. The van der Waals surface area contributed by atoms with Gasteiger partial charge in [0.1, 0.15) is 0 Å². The normalized spacial score (nSPS) is 11.4. The molecule has 0 bridgehead atoms. The predicted octanol–water partition coefficient (Wildman–Crippen LogP) is -0.555. The molecular formula is C9H9N5O2. The van der Waals surface area contributed by atoms with Crippen LogP contribution in [0.4, 0.5) is 0 Å². The van der Waals surface area contributed by atoms with Crippen molar-refractivity contribution in [1.29, 1.82) is 0 Å². The summed E-state index contributed by atoms with van der Waals surface area (Å²) in [5.41, 5.74) is -0.821. The summed E-state index contributed by atoms with van der Waals surface area (Å²) in [6.45, 7) is 1.80. The fourth-order valence-corrected chi connectivity index (χ4v) is 1.23. The smallest absolute Gasteiger partial charge is 0.288 e. The van der Waals surface area contributed by atoms with Gasteiger partial charge in [0.05, 0.1) is 0 Å². The third-order valence-electron chi connectivity index (χ3n) is 2.06.